The third-order valence-electron chi connectivity index (χ3n) is 2.68. The van der Waals surface area contributed by atoms with Crippen molar-refractivity contribution in [2.75, 3.05) is 12.4 Å². The van der Waals surface area contributed by atoms with E-state index in [-0.39, 0.29) is 5.16 Å². The number of sulfone groups is 1. The Morgan fingerprint density at radius 1 is 1.45 bits per heavy atom. The molecular formula is C11H15N3O5S. The van der Waals surface area contributed by atoms with Crippen LogP contribution >= 0.6 is 0 Å². The summed E-state index contributed by atoms with van der Waals surface area (Å²) in [7, 11) is -3.85. The van der Waals surface area contributed by atoms with Crippen LogP contribution in [0, 0.1) is 0 Å². The molecule has 2 rings (SSSR count). The second-order valence-electron chi connectivity index (χ2n) is 4.15. The lowest BCUT2D eigenvalue weighted by atomic mass is 10.4. The van der Waals surface area contributed by atoms with E-state index in [0.29, 0.717) is 18.1 Å². The first-order valence-electron chi connectivity index (χ1n) is 5.98. The van der Waals surface area contributed by atoms with Gasteiger partial charge < -0.3 is 14.6 Å². The van der Waals surface area contributed by atoms with Crippen molar-refractivity contribution in [3.05, 3.63) is 18.4 Å². The number of nitrogens with zero attached hydrogens (tertiary/aromatic N) is 3. The average molecular weight is 301 g/mol. The van der Waals surface area contributed by atoms with Gasteiger partial charge in [-0.1, -0.05) is 0 Å². The highest BCUT2D eigenvalue weighted by atomic mass is 32.2. The van der Waals surface area contributed by atoms with Gasteiger partial charge in [-0.05, 0) is 19.1 Å². The fraction of sp³-hybridized carbons (Fsp3) is 0.455. The molecular weight excluding hydrogens is 286 g/mol. The Labute approximate surface area is 115 Å². The molecule has 8 nitrogen and oxygen atoms in total. The summed E-state index contributed by atoms with van der Waals surface area (Å²) in [5, 5.41) is 25.3. The number of hydrogen-bond donors (Lipinski definition) is 2. The van der Waals surface area contributed by atoms with Crippen molar-refractivity contribution < 1.29 is 23.0 Å². The molecule has 20 heavy (non-hydrogen) atoms. The molecule has 9 heteroatoms. The van der Waals surface area contributed by atoms with Gasteiger partial charge in [0.05, 0.1) is 24.7 Å². The van der Waals surface area contributed by atoms with Crippen LogP contribution in [0.2, 0.25) is 0 Å². The zero-order chi connectivity index (χ0) is 14.8. The molecule has 2 aromatic heterocycles. The van der Waals surface area contributed by atoms with Crippen LogP contribution in [0.25, 0.3) is 11.6 Å². The first kappa shape index (κ1) is 14.7. The minimum atomic E-state index is -3.85. The van der Waals surface area contributed by atoms with Crippen molar-refractivity contribution in [1.29, 1.82) is 0 Å². The van der Waals surface area contributed by atoms with Crippen molar-refractivity contribution in [2.24, 2.45) is 0 Å². The SMILES string of the molecule is CCn1c(-c2ccco2)nnc1S(=O)(=O)C[C@H](O)CO. The first-order valence-corrected chi connectivity index (χ1v) is 7.63. The highest BCUT2D eigenvalue weighted by Crippen LogP contribution is 2.21. The molecule has 1 atom stereocenters. The topological polar surface area (TPSA) is 118 Å². The van der Waals surface area contributed by atoms with E-state index in [2.05, 4.69) is 10.2 Å². The normalized spacial score (nSPS) is 13.6. The highest BCUT2D eigenvalue weighted by molar-refractivity contribution is 7.91. The summed E-state index contributed by atoms with van der Waals surface area (Å²) < 4.78 is 30.8. The van der Waals surface area contributed by atoms with E-state index >= 15 is 0 Å². The van der Waals surface area contributed by atoms with Crippen molar-refractivity contribution in [1.82, 2.24) is 14.8 Å². The summed E-state index contributed by atoms with van der Waals surface area (Å²) in [6, 6.07) is 3.31. The quantitative estimate of drug-likeness (QED) is 0.750. The van der Waals surface area contributed by atoms with Crippen LogP contribution in [0.4, 0.5) is 0 Å². The molecule has 0 unspecified atom stereocenters. The van der Waals surface area contributed by atoms with Crippen LogP contribution in [0.3, 0.4) is 0 Å². The largest absolute Gasteiger partial charge is 0.461 e. The van der Waals surface area contributed by atoms with Crippen LogP contribution in [0.5, 0.6) is 0 Å². The van der Waals surface area contributed by atoms with Crippen LogP contribution in [-0.2, 0) is 16.4 Å². The van der Waals surface area contributed by atoms with Gasteiger partial charge in [0.2, 0.25) is 20.8 Å². The molecule has 110 valence electrons. The molecule has 0 spiro atoms. The fourth-order valence-electron chi connectivity index (χ4n) is 1.77. The highest BCUT2D eigenvalue weighted by Gasteiger charge is 2.27. The summed E-state index contributed by atoms with van der Waals surface area (Å²) in [5.41, 5.74) is 0. The molecule has 0 fully saturated rings. The van der Waals surface area contributed by atoms with Gasteiger partial charge in [0.15, 0.2) is 5.76 Å². The van der Waals surface area contributed by atoms with Crippen LogP contribution < -0.4 is 0 Å². The molecule has 0 saturated heterocycles. The van der Waals surface area contributed by atoms with Gasteiger partial charge in [0, 0.05) is 6.54 Å². The van der Waals surface area contributed by atoms with Crippen molar-refractivity contribution in [3.8, 4) is 11.6 Å². The molecule has 2 aromatic rings. The average Bonchev–Trinajstić information content (AvgIpc) is 3.06. The Balaban J connectivity index is 2.43. The van der Waals surface area contributed by atoms with E-state index in [4.69, 9.17) is 9.52 Å². The molecule has 0 aromatic carbocycles. The Hall–Kier alpha value is -1.71. The maximum atomic E-state index is 12.1. The molecule has 0 amide bonds. The second kappa shape index (κ2) is 5.73. The summed E-state index contributed by atoms with van der Waals surface area (Å²) in [4.78, 5) is 0. The Morgan fingerprint density at radius 2 is 2.20 bits per heavy atom. The van der Waals surface area contributed by atoms with Crippen LogP contribution in [-0.4, -0.2) is 51.9 Å². The molecule has 0 radical (unpaired) electrons. The summed E-state index contributed by atoms with van der Waals surface area (Å²) >= 11 is 0. The maximum Gasteiger partial charge on any atom is 0.250 e. The molecule has 0 aliphatic heterocycles. The number of rotatable bonds is 6. The van der Waals surface area contributed by atoms with Gasteiger partial charge in [0.1, 0.15) is 0 Å². The van der Waals surface area contributed by atoms with E-state index in [9.17, 15) is 13.5 Å². The van der Waals surface area contributed by atoms with Gasteiger partial charge in [0.25, 0.3) is 0 Å². The summed E-state index contributed by atoms with van der Waals surface area (Å²) in [5.74, 6) is 0.0952. The lowest BCUT2D eigenvalue weighted by molar-refractivity contribution is 0.112. The Bertz CT molecular complexity index is 662. The molecule has 0 aliphatic rings. The molecule has 0 aliphatic carbocycles. The smallest absolute Gasteiger partial charge is 0.250 e. The van der Waals surface area contributed by atoms with Crippen LogP contribution in [0.1, 0.15) is 6.92 Å². The third kappa shape index (κ3) is 2.74. The van der Waals surface area contributed by atoms with Crippen molar-refractivity contribution >= 4 is 9.84 Å². The van der Waals surface area contributed by atoms with E-state index in [0.717, 1.165) is 0 Å². The van der Waals surface area contributed by atoms with Gasteiger partial charge in [-0.3, -0.25) is 4.57 Å². The third-order valence-corrected chi connectivity index (χ3v) is 4.36. The zero-order valence-corrected chi connectivity index (χ0v) is 11.6. The van der Waals surface area contributed by atoms with E-state index in [1.165, 1.54) is 10.8 Å². The van der Waals surface area contributed by atoms with Gasteiger partial charge in [-0.2, -0.15) is 0 Å². The predicted octanol–water partition coefficient (Wildman–Crippen LogP) is -0.315. The number of hydrogen-bond acceptors (Lipinski definition) is 7. The lowest BCUT2D eigenvalue weighted by Gasteiger charge is -2.09. The number of aliphatic hydroxyl groups is 2. The first-order chi connectivity index (χ1) is 9.49. The number of aromatic nitrogens is 3. The maximum absolute atomic E-state index is 12.1. The molecule has 2 heterocycles. The minimum absolute atomic E-state index is 0.251. The molecule has 2 N–H and O–H groups in total. The summed E-state index contributed by atoms with van der Waals surface area (Å²) in [6.07, 6.45) is 0.0994. The lowest BCUT2D eigenvalue weighted by Crippen LogP contribution is -2.26. The second-order valence-corrected chi connectivity index (χ2v) is 6.07. The van der Waals surface area contributed by atoms with Crippen molar-refractivity contribution in [3.63, 3.8) is 0 Å². The molecule has 0 saturated carbocycles. The predicted molar refractivity (Wildman–Crippen MR) is 68.5 cm³/mol. The van der Waals surface area contributed by atoms with Crippen molar-refractivity contribution in [2.45, 2.75) is 24.7 Å². The Kier molecular flexibility index (Phi) is 4.21. The minimum Gasteiger partial charge on any atom is -0.461 e. The van der Waals surface area contributed by atoms with Crippen LogP contribution in [0.15, 0.2) is 28.0 Å². The van der Waals surface area contributed by atoms with Gasteiger partial charge in [-0.25, -0.2) is 8.42 Å². The van der Waals surface area contributed by atoms with E-state index < -0.39 is 28.3 Å². The zero-order valence-electron chi connectivity index (χ0n) is 10.8. The number of furan rings is 1. The number of aliphatic hydroxyl groups excluding tert-OH is 2. The fourth-order valence-corrected chi connectivity index (χ4v) is 3.25. The Morgan fingerprint density at radius 3 is 2.75 bits per heavy atom. The van der Waals surface area contributed by atoms with E-state index in [1.807, 2.05) is 0 Å². The standard InChI is InChI=1S/C11H15N3O5S/c1-2-14-10(9-4-3-5-19-9)12-13-11(14)20(17,18)7-8(16)6-15/h3-5,8,15-16H,2,6-7H2,1H3/t8-/m1/s1. The van der Waals surface area contributed by atoms with E-state index in [1.54, 1.807) is 19.1 Å². The van der Waals surface area contributed by atoms with Gasteiger partial charge in [-0.15, -0.1) is 10.2 Å². The molecule has 0 bridgehead atoms. The monoisotopic (exact) mass is 301 g/mol. The van der Waals surface area contributed by atoms with Gasteiger partial charge >= 0.3 is 0 Å². The summed E-state index contributed by atoms with van der Waals surface area (Å²) in [6.45, 7) is 1.44.